The van der Waals surface area contributed by atoms with E-state index < -0.39 is 0 Å². The van der Waals surface area contributed by atoms with E-state index in [2.05, 4.69) is 4.98 Å². The Morgan fingerprint density at radius 1 is 1.33 bits per heavy atom. The van der Waals surface area contributed by atoms with Crippen molar-refractivity contribution >= 4 is 5.91 Å². The second-order valence-electron chi connectivity index (χ2n) is 6.15. The molecular formula is C16H20N2O3. The van der Waals surface area contributed by atoms with Crippen molar-refractivity contribution in [2.45, 2.75) is 43.9 Å². The molecule has 5 heteroatoms. The third-order valence-electron chi connectivity index (χ3n) is 4.89. The topological polar surface area (TPSA) is 51.7 Å². The van der Waals surface area contributed by atoms with Gasteiger partial charge in [0, 0.05) is 31.3 Å². The molecule has 3 aliphatic rings. The second kappa shape index (κ2) is 5.30. The lowest BCUT2D eigenvalue weighted by atomic mass is 10.1. The van der Waals surface area contributed by atoms with Crippen molar-refractivity contribution in [1.82, 2.24) is 9.88 Å². The van der Waals surface area contributed by atoms with Gasteiger partial charge in [-0.2, -0.15) is 0 Å². The number of carbonyl (C=O) groups is 1. The fraction of sp³-hybridized carbons (Fsp3) is 0.625. The standard InChI is InChI=1S/C16H20N2O3/c19-16(13-4-3-9-20-13)18-10-11-6-7-12(18)15(11)21-14-5-1-2-8-17-14/h1-2,5,8,11-13,15H,3-4,6-7,9-10H2/t11-,12+,13-,15-/m1/s1. The van der Waals surface area contributed by atoms with Crippen LogP contribution in [-0.4, -0.2) is 47.2 Å². The highest BCUT2D eigenvalue weighted by atomic mass is 16.5. The summed E-state index contributed by atoms with van der Waals surface area (Å²) in [6.07, 6.45) is 5.62. The number of piperidine rings is 1. The molecule has 0 unspecified atom stereocenters. The van der Waals surface area contributed by atoms with Gasteiger partial charge in [0.05, 0.1) is 6.04 Å². The van der Waals surface area contributed by atoms with Gasteiger partial charge in [-0.1, -0.05) is 6.07 Å². The van der Waals surface area contributed by atoms with E-state index in [4.69, 9.17) is 9.47 Å². The quantitative estimate of drug-likeness (QED) is 0.848. The van der Waals surface area contributed by atoms with Crippen molar-refractivity contribution in [2.75, 3.05) is 13.2 Å². The summed E-state index contributed by atoms with van der Waals surface area (Å²) < 4.78 is 11.6. The first-order chi connectivity index (χ1) is 10.3. The Hall–Kier alpha value is -1.62. The number of aromatic nitrogens is 1. The van der Waals surface area contributed by atoms with E-state index >= 15 is 0 Å². The van der Waals surface area contributed by atoms with E-state index in [-0.39, 0.29) is 24.2 Å². The minimum atomic E-state index is -0.222. The van der Waals surface area contributed by atoms with E-state index in [1.807, 2.05) is 23.1 Å². The smallest absolute Gasteiger partial charge is 0.252 e. The fourth-order valence-corrected chi connectivity index (χ4v) is 3.89. The Morgan fingerprint density at radius 2 is 2.29 bits per heavy atom. The van der Waals surface area contributed by atoms with Crippen LogP contribution in [0.15, 0.2) is 24.4 Å². The zero-order valence-electron chi connectivity index (χ0n) is 12.0. The molecule has 112 valence electrons. The number of carbonyl (C=O) groups excluding carboxylic acids is 1. The monoisotopic (exact) mass is 288 g/mol. The molecule has 5 nitrogen and oxygen atoms in total. The van der Waals surface area contributed by atoms with Gasteiger partial charge in [0.25, 0.3) is 5.91 Å². The van der Waals surface area contributed by atoms with Crippen LogP contribution in [0.5, 0.6) is 5.88 Å². The average Bonchev–Trinajstić information content (AvgIpc) is 3.24. The number of likely N-dealkylation sites (tertiary alicyclic amines) is 1. The van der Waals surface area contributed by atoms with Crippen LogP contribution in [0.25, 0.3) is 0 Å². The summed E-state index contributed by atoms with van der Waals surface area (Å²) in [6, 6.07) is 5.87. The predicted octanol–water partition coefficient (Wildman–Crippen LogP) is 1.63. The van der Waals surface area contributed by atoms with Gasteiger partial charge in [-0.15, -0.1) is 0 Å². The van der Waals surface area contributed by atoms with Crippen molar-refractivity contribution in [3.8, 4) is 5.88 Å². The van der Waals surface area contributed by atoms with Crippen molar-refractivity contribution < 1.29 is 14.3 Å². The highest BCUT2D eigenvalue weighted by Gasteiger charge is 2.51. The molecule has 3 fully saturated rings. The molecule has 1 saturated carbocycles. The van der Waals surface area contributed by atoms with Crippen LogP contribution in [-0.2, 0) is 9.53 Å². The van der Waals surface area contributed by atoms with Gasteiger partial charge in [0.2, 0.25) is 5.88 Å². The molecule has 0 spiro atoms. The van der Waals surface area contributed by atoms with Crippen LogP contribution in [0.1, 0.15) is 25.7 Å². The summed E-state index contributed by atoms with van der Waals surface area (Å²) in [5.41, 5.74) is 0. The molecular weight excluding hydrogens is 268 g/mol. The molecule has 0 aromatic carbocycles. The molecule has 21 heavy (non-hydrogen) atoms. The number of nitrogens with zero attached hydrogens (tertiary/aromatic N) is 2. The molecule has 1 aliphatic carbocycles. The minimum absolute atomic E-state index is 0.0882. The highest BCUT2D eigenvalue weighted by Crippen LogP contribution is 2.40. The van der Waals surface area contributed by atoms with Gasteiger partial charge in [0.1, 0.15) is 12.2 Å². The van der Waals surface area contributed by atoms with Crippen LogP contribution in [0.4, 0.5) is 0 Å². The lowest BCUT2D eigenvalue weighted by Crippen LogP contribution is -2.45. The Balaban J connectivity index is 1.47. The summed E-state index contributed by atoms with van der Waals surface area (Å²) in [4.78, 5) is 18.8. The molecule has 3 heterocycles. The van der Waals surface area contributed by atoms with Crippen LogP contribution in [0.3, 0.4) is 0 Å². The van der Waals surface area contributed by atoms with Gasteiger partial charge in [-0.3, -0.25) is 4.79 Å². The van der Waals surface area contributed by atoms with Crippen LogP contribution in [0, 0.1) is 5.92 Å². The highest BCUT2D eigenvalue weighted by molar-refractivity contribution is 5.82. The number of amides is 1. The van der Waals surface area contributed by atoms with Crippen molar-refractivity contribution in [1.29, 1.82) is 0 Å². The summed E-state index contributed by atoms with van der Waals surface area (Å²) in [7, 11) is 0. The Kier molecular flexibility index (Phi) is 3.30. The predicted molar refractivity (Wildman–Crippen MR) is 75.9 cm³/mol. The number of pyridine rings is 1. The van der Waals surface area contributed by atoms with Gasteiger partial charge in [-0.25, -0.2) is 4.98 Å². The van der Waals surface area contributed by atoms with Gasteiger partial charge in [0.15, 0.2) is 0 Å². The zero-order chi connectivity index (χ0) is 14.2. The van der Waals surface area contributed by atoms with Crippen molar-refractivity contribution in [3.05, 3.63) is 24.4 Å². The summed E-state index contributed by atoms with van der Waals surface area (Å²) >= 11 is 0. The largest absolute Gasteiger partial charge is 0.472 e. The fourth-order valence-electron chi connectivity index (χ4n) is 3.89. The normalized spacial score (nSPS) is 34.4. The van der Waals surface area contributed by atoms with Crippen LogP contribution >= 0.6 is 0 Å². The maximum absolute atomic E-state index is 12.6. The summed E-state index contributed by atoms with van der Waals surface area (Å²) in [6.45, 7) is 1.52. The van der Waals surface area contributed by atoms with Gasteiger partial charge < -0.3 is 14.4 Å². The van der Waals surface area contributed by atoms with E-state index in [9.17, 15) is 4.79 Å². The lowest BCUT2D eigenvalue weighted by molar-refractivity contribution is -0.143. The van der Waals surface area contributed by atoms with E-state index in [1.54, 1.807) is 6.20 Å². The first-order valence-electron chi connectivity index (χ1n) is 7.83. The minimum Gasteiger partial charge on any atom is -0.472 e. The van der Waals surface area contributed by atoms with E-state index in [0.717, 1.165) is 32.2 Å². The molecule has 0 N–H and O–H groups in total. The molecule has 1 aromatic rings. The second-order valence-corrected chi connectivity index (χ2v) is 6.15. The summed E-state index contributed by atoms with van der Waals surface area (Å²) in [5, 5.41) is 0. The number of rotatable bonds is 3. The molecule has 2 aliphatic heterocycles. The Morgan fingerprint density at radius 3 is 3.05 bits per heavy atom. The maximum Gasteiger partial charge on any atom is 0.252 e. The Labute approximate surface area is 124 Å². The third-order valence-corrected chi connectivity index (χ3v) is 4.89. The molecule has 4 rings (SSSR count). The third kappa shape index (κ3) is 2.29. The molecule has 4 atom stereocenters. The Bertz CT molecular complexity index is 516. The average molecular weight is 288 g/mol. The molecule has 0 radical (unpaired) electrons. The lowest BCUT2D eigenvalue weighted by Gasteiger charge is -2.29. The first-order valence-corrected chi connectivity index (χ1v) is 7.83. The van der Waals surface area contributed by atoms with E-state index in [0.29, 0.717) is 18.4 Å². The number of hydrogen-bond donors (Lipinski definition) is 0. The van der Waals surface area contributed by atoms with Crippen molar-refractivity contribution in [2.24, 2.45) is 5.92 Å². The van der Waals surface area contributed by atoms with Gasteiger partial charge in [-0.05, 0) is 31.7 Å². The first kappa shape index (κ1) is 13.1. The van der Waals surface area contributed by atoms with E-state index in [1.165, 1.54) is 0 Å². The van der Waals surface area contributed by atoms with Crippen LogP contribution < -0.4 is 4.74 Å². The van der Waals surface area contributed by atoms with Crippen molar-refractivity contribution in [3.63, 3.8) is 0 Å². The molecule has 1 aromatic heterocycles. The zero-order valence-corrected chi connectivity index (χ0v) is 12.0. The SMILES string of the molecule is O=C([C@H]1CCCO1)N1C[C@H]2CC[C@H]1[C@@H]2Oc1ccccn1. The van der Waals surface area contributed by atoms with Gasteiger partial charge >= 0.3 is 0 Å². The maximum atomic E-state index is 12.6. The summed E-state index contributed by atoms with van der Waals surface area (Å²) in [5.74, 6) is 1.25. The molecule has 2 bridgehead atoms. The molecule has 2 saturated heterocycles. The number of ether oxygens (including phenoxy) is 2. The number of hydrogen-bond acceptors (Lipinski definition) is 4. The van der Waals surface area contributed by atoms with Crippen LogP contribution in [0.2, 0.25) is 0 Å². The molecule has 1 amide bonds. The number of fused-ring (bicyclic) bond motifs is 2.